The van der Waals surface area contributed by atoms with Crippen LogP contribution in [0.25, 0.3) is 10.8 Å². The highest BCUT2D eigenvalue weighted by atomic mass is 16.3. The largest absolute Gasteiger partial charge is 0.385 e. The number of fused-ring (bicyclic) bond motifs is 1. The summed E-state index contributed by atoms with van der Waals surface area (Å²) < 4.78 is 0. The highest BCUT2D eigenvalue weighted by Crippen LogP contribution is 2.44. The third kappa shape index (κ3) is 3.46. The van der Waals surface area contributed by atoms with Crippen molar-refractivity contribution < 1.29 is 5.11 Å². The zero-order valence-electron chi connectivity index (χ0n) is 16.4. The molecular weight excluding hydrogens is 330 g/mol. The van der Waals surface area contributed by atoms with Crippen LogP contribution in [0.4, 0.5) is 5.69 Å². The number of para-hydroxylation sites is 1. The van der Waals surface area contributed by atoms with E-state index < -0.39 is 5.60 Å². The topological polar surface area (TPSA) is 23.5 Å². The van der Waals surface area contributed by atoms with Crippen molar-refractivity contribution in [1.29, 1.82) is 0 Å². The van der Waals surface area contributed by atoms with Crippen LogP contribution in [-0.2, 0) is 12.0 Å². The molecule has 0 amide bonds. The van der Waals surface area contributed by atoms with E-state index in [1.54, 1.807) is 0 Å². The Kier molecular flexibility index (Phi) is 4.92. The van der Waals surface area contributed by atoms with E-state index in [9.17, 15) is 5.11 Å². The van der Waals surface area contributed by atoms with Crippen LogP contribution >= 0.6 is 0 Å². The summed E-state index contributed by atoms with van der Waals surface area (Å²) in [6.07, 6.45) is 5.13. The van der Waals surface area contributed by atoms with Gasteiger partial charge in [-0.05, 0) is 59.2 Å². The van der Waals surface area contributed by atoms with Gasteiger partial charge in [0, 0.05) is 19.8 Å². The SMILES string of the molecule is CN(C)c1ccccc1CC1CCCCC1(O)c1ccc2ccccc2c1. The summed E-state index contributed by atoms with van der Waals surface area (Å²) in [5.74, 6) is 0.244. The molecule has 2 atom stereocenters. The van der Waals surface area contributed by atoms with Gasteiger partial charge in [0.1, 0.15) is 0 Å². The molecule has 0 bridgehead atoms. The lowest BCUT2D eigenvalue weighted by Crippen LogP contribution is -2.39. The highest BCUT2D eigenvalue weighted by molar-refractivity contribution is 5.83. The van der Waals surface area contributed by atoms with Crippen molar-refractivity contribution in [3.63, 3.8) is 0 Å². The molecule has 2 nitrogen and oxygen atoms in total. The standard InChI is InChI=1S/C25H29NO/c1-26(2)24-13-6-5-11-21(24)18-22-12-7-8-16-25(22,27)23-15-14-19-9-3-4-10-20(19)17-23/h3-6,9-11,13-15,17,22,27H,7-8,12,16,18H2,1-2H3. The maximum atomic E-state index is 11.8. The molecule has 0 saturated heterocycles. The van der Waals surface area contributed by atoms with Crippen molar-refractivity contribution in [2.24, 2.45) is 5.92 Å². The van der Waals surface area contributed by atoms with Gasteiger partial charge in [-0.3, -0.25) is 0 Å². The van der Waals surface area contributed by atoms with Gasteiger partial charge in [-0.15, -0.1) is 0 Å². The summed E-state index contributed by atoms with van der Waals surface area (Å²) >= 11 is 0. The molecule has 1 fully saturated rings. The van der Waals surface area contributed by atoms with Crippen LogP contribution in [0.2, 0.25) is 0 Å². The number of nitrogens with zero attached hydrogens (tertiary/aromatic N) is 1. The Labute approximate surface area is 162 Å². The molecule has 3 aromatic carbocycles. The van der Waals surface area contributed by atoms with E-state index in [0.29, 0.717) is 0 Å². The van der Waals surface area contributed by atoms with E-state index >= 15 is 0 Å². The summed E-state index contributed by atoms with van der Waals surface area (Å²) in [5.41, 5.74) is 2.91. The van der Waals surface area contributed by atoms with Crippen molar-refractivity contribution in [3.8, 4) is 0 Å². The van der Waals surface area contributed by atoms with Crippen LogP contribution in [0.3, 0.4) is 0 Å². The predicted octanol–water partition coefficient (Wildman–Crippen LogP) is 5.53. The van der Waals surface area contributed by atoms with Crippen molar-refractivity contribution in [2.75, 3.05) is 19.0 Å². The minimum absolute atomic E-state index is 0.244. The second kappa shape index (κ2) is 7.36. The number of anilines is 1. The van der Waals surface area contributed by atoms with Crippen molar-refractivity contribution >= 4 is 16.5 Å². The summed E-state index contributed by atoms with van der Waals surface area (Å²) in [5, 5.41) is 14.3. The third-order valence-electron chi connectivity index (χ3n) is 6.22. The molecule has 1 saturated carbocycles. The van der Waals surface area contributed by atoms with Crippen LogP contribution in [-0.4, -0.2) is 19.2 Å². The lowest BCUT2D eigenvalue weighted by Gasteiger charge is -2.41. The van der Waals surface area contributed by atoms with Gasteiger partial charge in [-0.2, -0.15) is 0 Å². The Hall–Kier alpha value is -2.32. The summed E-state index contributed by atoms with van der Waals surface area (Å²) in [7, 11) is 4.18. The van der Waals surface area contributed by atoms with Gasteiger partial charge < -0.3 is 10.0 Å². The Bertz CT molecular complexity index is 932. The Balaban J connectivity index is 1.71. The van der Waals surface area contributed by atoms with Crippen LogP contribution in [0, 0.1) is 5.92 Å². The first kappa shape index (κ1) is 18.1. The van der Waals surface area contributed by atoms with Crippen LogP contribution in [0.15, 0.2) is 66.7 Å². The van der Waals surface area contributed by atoms with Gasteiger partial charge in [0.2, 0.25) is 0 Å². The fourth-order valence-corrected chi connectivity index (χ4v) is 4.72. The number of rotatable bonds is 4. The smallest absolute Gasteiger partial charge is 0.0927 e. The van der Waals surface area contributed by atoms with Gasteiger partial charge in [-0.1, -0.05) is 67.4 Å². The Morgan fingerprint density at radius 1 is 0.926 bits per heavy atom. The van der Waals surface area contributed by atoms with E-state index in [1.165, 1.54) is 28.4 Å². The number of benzene rings is 3. The normalized spacial score (nSPS) is 22.7. The van der Waals surface area contributed by atoms with E-state index in [4.69, 9.17) is 0 Å². The lowest BCUT2D eigenvalue weighted by molar-refractivity contribution is -0.0541. The molecule has 4 rings (SSSR count). The first-order chi connectivity index (χ1) is 13.1. The molecular formula is C25H29NO. The molecule has 0 spiro atoms. The summed E-state index contributed by atoms with van der Waals surface area (Å²) in [4.78, 5) is 2.17. The molecule has 1 aliphatic carbocycles. The van der Waals surface area contributed by atoms with Gasteiger partial charge in [0.15, 0.2) is 0 Å². The fourth-order valence-electron chi connectivity index (χ4n) is 4.72. The molecule has 140 valence electrons. The van der Waals surface area contributed by atoms with Gasteiger partial charge >= 0.3 is 0 Å². The molecule has 0 aliphatic heterocycles. The van der Waals surface area contributed by atoms with E-state index in [0.717, 1.165) is 31.2 Å². The first-order valence-electron chi connectivity index (χ1n) is 10.0. The van der Waals surface area contributed by atoms with E-state index in [2.05, 4.69) is 85.7 Å². The molecule has 1 N–H and O–H groups in total. The summed E-state index contributed by atoms with van der Waals surface area (Å²) in [6.45, 7) is 0. The molecule has 2 heteroatoms. The van der Waals surface area contributed by atoms with Crippen molar-refractivity contribution in [2.45, 2.75) is 37.7 Å². The van der Waals surface area contributed by atoms with Crippen molar-refractivity contribution in [1.82, 2.24) is 0 Å². The van der Waals surface area contributed by atoms with Gasteiger partial charge in [0.05, 0.1) is 5.60 Å². The average Bonchev–Trinajstić information content (AvgIpc) is 2.69. The minimum atomic E-state index is -0.748. The predicted molar refractivity (Wildman–Crippen MR) is 114 cm³/mol. The third-order valence-corrected chi connectivity index (χ3v) is 6.22. The molecule has 2 unspecified atom stereocenters. The number of hydrogen-bond acceptors (Lipinski definition) is 2. The van der Waals surface area contributed by atoms with E-state index in [1.807, 2.05) is 0 Å². The second-order valence-corrected chi connectivity index (χ2v) is 8.16. The minimum Gasteiger partial charge on any atom is -0.385 e. The zero-order chi connectivity index (χ0) is 18.9. The molecule has 0 heterocycles. The second-order valence-electron chi connectivity index (χ2n) is 8.16. The first-order valence-corrected chi connectivity index (χ1v) is 10.0. The number of aliphatic hydroxyl groups is 1. The molecule has 0 radical (unpaired) electrons. The lowest BCUT2D eigenvalue weighted by atomic mass is 9.69. The monoisotopic (exact) mass is 359 g/mol. The molecule has 27 heavy (non-hydrogen) atoms. The molecule has 3 aromatic rings. The van der Waals surface area contributed by atoms with Crippen LogP contribution < -0.4 is 4.90 Å². The Morgan fingerprint density at radius 2 is 1.67 bits per heavy atom. The molecule has 1 aliphatic rings. The molecule has 0 aromatic heterocycles. The highest BCUT2D eigenvalue weighted by Gasteiger charge is 2.40. The maximum absolute atomic E-state index is 11.8. The quantitative estimate of drug-likeness (QED) is 0.662. The zero-order valence-corrected chi connectivity index (χ0v) is 16.4. The number of hydrogen-bond donors (Lipinski definition) is 1. The van der Waals surface area contributed by atoms with Crippen molar-refractivity contribution in [3.05, 3.63) is 77.9 Å². The van der Waals surface area contributed by atoms with E-state index in [-0.39, 0.29) is 5.92 Å². The summed E-state index contributed by atoms with van der Waals surface area (Å²) in [6, 6.07) is 23.5. The average molecular weight is 360 g/mol. The van der Waals surface area contributed by atoms with Gasteiger partial charge in [-0.25, -0.2) is 0 Å². The van der Waals surface area contributed by atoms with Gasteiger partial charge in [0.25, 0.3) is 0 Å². The fraction of sp³-hybridized carbons (Fsp3) is 0.360. The Morgan fingerprint density at radius 3 is 2.48 bits per heavy atom. The maximum Gasteiger partial charge on any atom is 0.0927 e. The van der Waals surface area contributed by atoms with Crippen LogP contribution in [0.1, 0.15) is 36.8 Å². The van der Waals surface area contributed by atoms with Crippen LogP contribution in [0.5, 0.6) is 0 Å².